The highest BCUT2D eigenvalue weighted by atomic mass is 35.5. The van der Waals surface area contributed by atoms with E-state index in [1.807, 2.05) is 36.4 Å². The molecule has 1 atom stereocenters. The van der Waals surface area contributed by atoms with E-state index in [0.29, 0.717) is 5.82 Å². The van der Waals surface area contributed by atoms with Crippen LogP contribution in [0.5, 0.6) is 0 Å². The molecule has 2 heterocycles. The molecule has 1 aromatic carbocycles. The molecule has 3 rings (SSSR count). The number of fused-ring (bicyclic) bond motifs is 1. The van der Waals surface area contributed by atoms with E-state index < -0.39 is 5.50 Å². The third-order valence-electron chi connectivity index (χ3n) is 2.70. The molecule has 4 nitrogen and oxygen atoms in total. The van der Waals surface area contributed by atoms with Gasteiger partial charge in [0.25, 0.3) is 0 Å². The van der Waals surface area contributed by atoms with Crippen molar-refractivity contribution in [1.82, 2.24) is 9.99 Å². The van der Waals surface area contributed by atoms with Gasteiger partial charge in [0.15, 0.2) is 0 Å². The maximum atomic E-state index is 6.13. The van der Waals surface area contributed by atoms with Crippen LogP contribution in [0.15, 0.2) is 53.7 Å². The molecular weight excluding hydrogens is 283 g/mol. The van der Waals surface area contributed by atoms with Gasteiger partial charge in [-0.05, 0) is 35.9 Å². The number of nitrogens with one attached hydrogen (secondary N) is 1. The molecular formula is C13H10Cl2N4. The first-order chi connectivity index (χ1) is 9.24. The maximum Gasteiger partial charge on any atom is 0.219 e. The molecule has 0 saturated carbocycles. The van der Waals surface area contributed by atoms with E-state index in [0.717, 1.165) is 10.9 Å². The highest BCUT2D eigenvalue weighted by Gasteiger charge is 2.19. The average Bonchev–Trinajstić information content (AvgIpc) is 2.43. The number of hydrazine groups is 1. The number of pyridine rings is 1. The van der Waals surface area contributed by atoms with Crippen LogP contribution in [0, 0.1) is 0 Å². The molecule has 2 aromatic rings. The summed E-state index contributed by atoms with van der Waals surface area (Å²) in [6.07, 6.45) is 3.30. The van der Waals surface area contributed by atoms with Gasteiger partial charge in [-0.15, -0.1) is 0 Å². The normalized spacial score (nSPS) is 18.5. The van der Waals surface area contributed by atoms with Gasteiger partial charge in [0.1, 0.15) is 11.3 Å². The predicted molar refractivity (Wildman–Crippen MR) is 79.3 cm³/mol. The van der Waals surface area contributed by atoms with E-state index >= 15 is 0 Å². The molecule has 19 heavy (non-hydrogen) atoms. The van der Waals surface area contributed by atoms with Gasteiger partial charge in [-0.3, -0.25) is 5.43 Å². The largest absolute Gasteiger partial charge is 0.278 e. The van der Waals surface area contributed by atoms with E-state index in [1.54, 1.807) is 17.3 Å². The summed E-state index contributed by atoms with van der Waals surface area (Å²) in [6, 6.07) is 11.7. The molecule has 0 bridgehead atoms. The maximum absolute atomic E-state index is 6.13. The van der Waals surface area contributed by atoms with Gasteiger partial charge in [-0.1, -0.05) is 29.8 Å². The summed E-state index contributed by atoms with van der Waals surface area (Å²) in [5.41, 5.74) is 3.55. The zero-order valence-corrected chi connectivity index (χ0v) is 11.3. The summed E-state index contributed by atoms with van der Waals surface area (Å²) in [4.78, 5) is 8.46. The van der Waals surface area contributed by atoms with Crippen LogP contribution in [-0.2, 0) is 0 Å². The molecule has 0 aliphatic carbocycles. The monoisotopic (exact) mass is 292 g/mol. The Labute approximate surface area is 120 Å². The third-order valence-corrected chi connectivity index (χ3v) is 3.33. The fourth-order valence-electron chi connectivity index (χ4n) is 1.79. The predicted octanol–water partition coefficient (Wildman–Crippen LogP) is 3.55. The number of rotatable bonds is 2. The zero-order valence-electron chi connectivity index (χ0n) is 9.79. The number of aliphatic imine (C=N–C) groups is 1. The SMILES string of the molecule is ClC1=NC=CC(Cl)N1Nc1ccc2ccccc2n1. The second-order valence-corrected chi connectivity index (χ2v) is 4.77. The van der Waals surface area contributed by atoms with Crippen LogP contribution < -0.4 is 5.43 Å². The molecule has 0 amide bonds. The molecule has 6 heteroatoms. The Morgan fingerprint density at radius 2 is 2.00 bits per heavy atom. The van der Waals surface area contributed by atoms with E-state index in [1.165, 1.54) is 0 Å². The quantitative estimate of drug-likeness (QED) is 0.680. The highest BCUT2D eigenvalue weighted by Crippen LogP contribution is 2.19. The van der Waals surface area contributed by atoms with Gasteiger partial charge in [-0.2, -0.15) is 0 Å². The van der Waals surface area contributed by atoms with Gasteiger partial charge >= 0.3 is 0 Å². The number of amidine groups is 1. The smallest absolute Gasteiger partial charge is 0.219 e. The number of halogens is 2. The van der Waals surface area contributed by atoms with E-state index in [2.05, 4.69) is 15.4 Å². The number of hydrogen-bond donors (Lipinski definition) is 1. The third kappa shape index (κ3) is 2.50. The Kier molecular flexibility index (Phi) is 3.27. The summed E-state index contributed by atoms with van der Waals surface area (Å²) in [5.74, 6) is 0.660. The first-order valence-electron chi connectivity index (χ1n) is 5.70. The average molecular weight is 293 g/mol. The molecule has 1 aromatic heterocycles. The lowest BCUT2D eigenvalue weighted by atomic mass is 10.2. The molecule has 1 aliphatic rings. The van der Waals surface area contributed by atoms with Crippen molar-refractivity contribution in [3.8, 4) is 0 Å². The lowest BCUT2D eigenvalue weighted by molar-refractivity contribution is 0.513. The van der Waals surface area contributed by atoms with Crippen molar-refractivity contribution in [1.29, 1.82) is 0 Å². The van der Waals surface area contributed by atoms with Gasteiger partial charge in [0.2, 0.25) is 5.29 Å². The van der Waals surface area contributed by atoms with E-state index in [9.17, 15) is 0 Å². The number of benzene rings is 1. The van der Waals surface area contributed by atoms with Gasteiger partial charge < -0.3 is 0 Å². The standard InChI is InChI=1S/C13H10Cl2N4/c14-11-7-8-16-13(15)19(11)18-12-6-5-9-3-1-2-4-10(9)17-12/h1-8,11H,(H,17,18). The summed E-state index contributed by atoms with van der Waals surface area (Å²) in [6.45, 7) is 0. The zero-order chi connectivity index (χ0) is 13.2. The first kappa shape index (κ1) is 12.3. The van der Waals surface area contributed by atoms with E-state index in [-0.39, 0.29) is 5.29 Å². The van der Waals surface area contributed by atoms with Crippen LogP contribution in [0.4, 0.5) is 5.82 Å². The van der Waals surface area contributed by atoms with Crippen LogP contribution in [-0.4, -0.2) is 20.8 Å². The molecule has 96 valence electrons. The van der Waals surface area contributed by atoms with Crippen molar-refractivity contribution < 1.29 is 0 Å². The van der Waals surface area contributed by atoms with Crippen LogP contribution in [0.1, 0.15) is 0 Å². The minimum Gasteiger partial charge on any atom is -0.278 e. The van der Waals surface area contributed by atoms with Crippen LogP contribution in [0.2, 0.25) is 0 Å². The van der Waals surface area contributed by atoms with Crippen LogP contribution in [0.3, 0.4) is 0 Å². The molecule has 1 unspecified atom stereocenters. The summed E-state index contributed by atoms with van der Waals surface area (Å²) >= 11 is 12.1. The van der Waals surface area contributed by atoms with Crippen LogP contribution in [0.25, 0.3) is 10.9 Å². The number of aromatic nitrogens is 1. The Hall–Kier alpha value is -1.78. The summed E-state index contributed by atoms with van der Waals surface area (Å²) < 4.78 is 0. The van der Waals surface area contributed by atoms with Crippen molar-refractivity contribution >= 4 is 45.2 Å². The number of hydrogen-bond acceptors (Lipinski definition) is 4. The Balaban J connectivity index is 1.89. The van der Waals surface area contributed by atoms with Crippen molar-refractivity contribution in [2.24, 2.45) is 4.99 Å². The van der Waals surface area contributed by atoms with Gasteiger partial charge in [0.05, 0.1) is 5.52 Å². The second-order valence-electron chi connectivity index (χ2n) is 3.98. The molecule has 1 aliphatic heterocycles. The lowest BCUT2D eigenvalue weighted by Crippen LogP contribution is -2.40. The van der Waals surface area contributed by atoms with Crippen molar-refractivity contribution in [2.45, 2.75) is 5.50 Å². The van der Waals surface area contributed by atoms with Crippen molar-refractivity contribution in [3.63, 3.8) is 0 Å². The van der Waals surface area contributed by atoms with Crippen molar-refractivity contribution in [2.75, 3.05) is 5.43 Å². The topological polar surface area (TPSA) is 40.5 Å². The fraction of sp³-hybridized carbons (Fsp3) is 0.0769. The molecule has 0 fully saturated rings. The summed E-state index contributed by atoms with van der Waals surface area (Å²) in [7, 11) is 0. The first-order valence-corrected chi connectivity index (χ1v) is 6.51. The number of para-hydroxylation sites is 1. The highest BCUT2D eigenvalue weighted by molar-refractivity contribution is 6.65. The summed E-state index contributed by atoms with van der Waals surface area (Å²) in [5, 5.41) is 2.89. The Bertz CT molecular complexity index is 668. The van der Waals surface area contributed by atoms with Gasteiger partial charge in [-0.25, -0.2) is 15.0 Å². The van der Waals surface area contributed by atoms with Crippen molar-refractivity contribution in [3.05, 3.63) is 48.7 Å². The molecule has 0 saturated heterocycles. The minimum atomic E-state index is -0.404. The number of alkyl halides is 1. The molecule has 1 N–H and O–H groups in total. The lowest BCUT2D eigenvalue weighted by Gasteiger charge is -2.28. The van der Waals surface area contributed by atoms with E-state index in [4.69, 9.17) is 23.2 Å². The number of nitrogens with zero attached hydrogens (tertiary/aromatic N) is 3. The number of anilines is 1. The van der Waals surface area contributed by atoms with Crippen LogP contribution >= 0.6 is 23.2 Å². The Morgan fingerprint density at radius 3 is 2.84 bits per heavy atom. The minimum absolute atomic E-state index is 0.275. The fourth-order valence-corrected chi connectivity index (χ4v) is 2.25. The molecule has 0 radical (unpaired) electrons. The second kappa shape index (κ2) is 5.07. The molecule has 0 spiro atoms. The van der Waals surface area contributed by atoms with Gasteiger partial charge in [0, 0.05) is 11.6 Å². The Morgan fingerprint density at radius 1 is 1.16 bits per heavy atom.